The lowest BCUT2D eigenvalue weighted by molar-refractivity contribution is 0.112. The van der Waals surface area contributed by atoms with E-state index in [4.69, 9.17) is 0 Å². The van der Waals surface area contributed by atoms with Crippen LogP contribution < -0.4 is 0 Å². The quantitative estimate of drug-likeness (QED) is 0.573. The number of carbonyl (C=O) groups excluding carboxylic acids is 1. The van der Waals surface area contributed by atoms with Gasteiger partial charge in [-0.1, -0.05) is 0 Å². The van der Waals surface area contributed by atoms with E-state index < -0.39 is 17.5 Å². The van der Waals surface area contributed by atoms with Crippen LogP contribution in [-0.2, 0) is 0 Å². The van der Waals surface area contributed by atoms with Crippen LogP contribution in [0.25, 0.3) is 10.9 Å². The largest absolute Gasteiger partial charge is 0.358 e. The lowest BCUT2D eigenvalue weighted by Crippen LogP contribution is -1.92. The number of nitrogens with one attached hydrogen (secondary N) is 1. The maximum atomic E-state index is 13.3. The van der Waals surface area contributed by atoms with Crippen LogP contribution in [0.2, 0.25) is 0 Å². The minimum Gasteiger partial charge on any atom is -0.358 e. The molecule has 0 aliphatic heterocycles. The molecular formula is C10H6F3NO. The van der Waals surface area contributed by atoms with E-state index in [0.717, 1.165) is 6.07 Å². The summed E-state index contributed by atoms with van der Waals surface area (Å²) in [4.78, 5) is 13.3. The van der Waals surface area contributed by atoms with E-state index in [0.29, 0.717) is 12.0 Å². The molecule has 15 heavy (non-hydrogen) atoms. The SMILES string of the molecule is Cc1[nH]c2cc(F)c(F)c(F)c2c1C=O. The number of hydrogen-bond donors (Lipinski definition) is 1. The molecule has 1 aromatic carbocycles. The topological polar surface area (TPSA) is 32.9 Å². The highest BCUT2D eigenvalue weighted by Crippen LogP contribution is 2.26. The van der Waals surface area contributed by atoms with Crippen molar-refractivity contribution in [2.75, 3.05) is 0 Å². The first kappa shape index (κ1) is 9.76. The normalized spacial score (nSPS) is 10.9. The minimum absolute atomic E-state index is 0.0152. The van der Waals surface area contributed by atoms with Crippen molar-refractivity contribution in [3.63, 3.8) is 0 Å². The summed E-state index contributed by atoms with van der Waals surface area (Å²) < 4.78 is 39.1. The summed E-state index contributed by atoms with van der Waals surface area (Å²) >= 11 is 0. The van der Waals surface area contributed by atoms with Gasteiger partial charge in [0.25, 0.3) is 0 Å². The fourth-order valence-corrected chi connectivity index (χ4v) is 1.56. The van der Waals surface area contributed by atoms with Gasteiger partial charge in [0.05, 0.1) is 5.52 Å². The molecule has 1 heterocycles. The number of aromatic nitrogens is 1. The molecule has 2 nitrogen and oxygen atoms in total. The van der Waals surface area contributed by atoms with Gasteiger partial charge in [-0.15, -0.1) is 0 Å². The zero-order chi connectivity index (χ0) is 11.2. The van der Waals surface area contributed by atoms with Crippen molar-refractivity contribution < 1.29 is 18.0 Å². The molecule has 5 heteroatoms. The average Bonchev–Trinajstić information content (AvgIpc) is 2.50. The van der Waals surface area contributed by atoms with E-state index in [1.807, 2.05) is 0 Å². The van der Waals surface area contributed by atoms with Crippen LogP contribution in [0.4, 0.5) is 13.2 Å². The van der Waals surface area contributed by atoms with Crippen LogP contribution in [-0.4, -0.2) is 11.3 Å². The van der Waals surface area contributed by atoms with Crippen LogP contribution in [0.15, 0.2) is 6.07 Å². The molecule has 78 valence electrons. The molecule has 0 radical (unpaired) electrons. The smallest absolute Gasteiger partial charge is 0.195 e. The molecule has 1 aromatic heterocycles. The molecule has 0 atom stereocenters. The molecule has 0 amide bonds. The third kappa shape index (κ3) is 1.23. The Kier molecular flexibility index (Phi) is 2.03. The van der Waals surface area contributed by atoms with E-state index in [9.17, 15) is 18.0 Å². The van der Waals surface area contributed by atoms with Crippen molar-refractivity contribution in [3.05, 3.63) is 34.8 Å². The van der Waals surface area contributed by atoms with Gasteiger partial charge >= 0.3 is 0 Å². The summed E-state index contributed by atoms with van der Waals surface area (Å²) in [5.41, 5.74) is 0.469. The number of aryl methyl sites for hydroxylation is 1. The summed E-state index contributed by atoms with van der Waals surface area (Å²) in [7, 11) is 0. The zero-order valence-corrected chi connectivity index (χ0v) is 7.70. The molecule has 2 aromatic rings. The van der Waals surface area contributed by atoms with Gasteiger partial charge < -0.3 is 4.98 Å². The zero-order valence-electron chi connectivity index (χ0n) is 7.70. The highest BCUT2D eigenvalue weighted by atomic mass is 19.2. The molecule has 0 unspecified atom stereocenters. The molecule has 1 N–H and O–H groups in total. The van der Waals surface area contributed by atoms with E-state index >= 15 is 0 Å². The highest BCUT2D eigenvalue weighted by molar-refractivity contribution is 5.99. The van der Waals surface area contributed by atoms with Crippen LogP contribution in [0, 0.1) is 24.4 Å². The van der Waals surface area contributed by atoms with Crippen LogP contribution in [0.3, 0.4) is 0 Å². The fraction of sp³-hybridized carbons (Fsp3) is 0.100. The van der Waals surface area contributed by atoms with Gasteiger partial charge in [0.2, 0.25) is 0 Å². The molecule has 0 bridgehead atoms. The number of rotatable bonds is 1. The molecule has 0 aliphatic rings. The van der Waals surface area contributed by atoms with Crippen LogP contribution in [0.5, 0.6) is 0 Å². The Hall–Kier alpha value is -1.78. The van der Waals surface area contributed by atoms with Crippen LogP contribution >= 0.6 is 0 Å². The summed E-state index contributed by atoms with van der Waals surface area (Å²) in [6, 6.07) is 0.827. The predicted octanol–water partition coefficient (Wildman–Crippen LogP) is 2.71. The molecular weight excluding hydrogens is 207 g/mol. The number of fused-ring (bicyclic) bond motifs is 1. The van der Waals surface area contributed by atoms with E-state index in [-0.39, 0.29) is 16.5 Å². The third-order valence-electron chi connectivity index (χ3n) is 2.28. The van der Waals surface area contributed by atoms with Gasteiger partial charge in [-0.2, -0.15) is 0 Å². The second-order valence-corrected chi connectivity index (χ2v) is 3.19. The van der Waals surface area contributed by atoms with Gasteiger partial charge in [-0.05, 0) is 6.92 Å². The maximum absolute atomic E-state index is 13.3. The van der Waals surface area contributed by atoms with E-state index in [1.54, 1.807) is 0 Å². The maximum Gasteiger partial charge on any atom is 0.195 e. The lowest BCUT2D eigenvalue weighted by atomic mass is 10.1. The Morgan fingerprint density at radius 1 is 1.27 bits per heavy atom. The monoisotopic (exact) mass is 213 g/mol. The molecule has 0 saturated heterocycles. The molecule has 0 fully saturated rings. The first-order valence-electron chi connectivity index (χ1n) is 4.17. The second kappa shape index (κ2) is 3.12. The number of aldehydes is 1. The van der Waals surface area contributed by atoms with Gasteiger partial charge in [-0.25, -0.2) is 13.2 Å². The molecule has 2 rings (SSSR count). The first-order chi connectivity index (χ1) is 7.06. The standard InChI is InChI=1S/C10H6F3NO/c1-4-5(3-15)8-7(14-4)2-6(11)9(12)10(8)13/h2-3,14H,1H3. The number of carbonyl (C=O) groups is 1. The Labute approximate surface area is 82.7 Å². The number of hydrogen-bond acceptors (Lipinski definition) is 1. The highest BCUT2D eigenvalue weighted by Gasteiger charge is 2.19. The Morgan fingerprint density at radius 3 is 2.53 bits per heavy atom. The van der Waals surface area contributed by atoms with Crippen LogP contribution in [0.1, 0.15) is 16.1 Å². The summed E-state index contributed by atoms with van der Waals surface area (Å²) in [5.74, 6) is -4.18. The summed E-state index contributed by atoms with van der Waals surface area (Å²) in [6.07, 6.45) is 0.411. The second-order valence-electron chi connectivity index (χ2n) is 3.19. The number of halogens is 3. The van der Waals surface area contributed by atoms with Crippen molar-refractivity contribution in [1.29, 1.82) is 0 Å². The van der Waals surface area contributed by atoms with Crippen molar-refractivity contribution in [1.82, 2.24) is 4.98 Å². The average molecular weight is 213 g/mol. The number of H-pyrrole nitrogens is 1. The molecule has 0 aliphatic carbocycles. The van der Waals surface area contributed by atoms with Crippen molar-refractivity contribution in [2.24, 2.45) is 0 Å². The number of benzene rings is 1. The summed E-state index contributed by atoms with van der Waals surface area (Å²) in [6.45, 7) is 1.53. The third-order valence-corrected chi connectivity index (χ3v) is 2.28. The molecule has 0 spiro atoms. The summed E-state index contributed by atoms with van der Waals surface area (Å²) in [5, 5.41) is -0.207. The lowest BCUT2D eigenvalue weighted by Gasteiger charge is -1.97. The Balaban J connectivity index is 3.00. The van der Waals surface area contributed by atoms with Crippen molar-refractivity contribution in [2.45, 2.75) is 6.92 Å². The predicted molar refractivity (Wildman–Crippen MR) is 48.3 cm³/mol. The van der Waals surface area contributed by atoms with Crippen molar-refractivity contribution >= 4 is 17.2 Å². The van der Waals surface area contributed by atoms with E-state index in [2.05, 4.69) is 4.98 Å². The van der Waals surface area contributed by atoms with Crippen molar-refractivity contribution in [3.8, 4) is 0 Å². The van der Waals surface area contributed by atoms with Gasteiger partial charge in [0.1, 0.15) is 0 Å². The molecule has 0 saturated carbocycles. The van der Waals surface area contributed by atoms with Gasteiger partial charge in [0.15, 0.2) is 23.7 Å². The number of aromatic amines is 1. The Morgan fingerprint density at radius 2 is 1.93 bits per heavy atom. The van der Waals surface area contributed by atoms with Gasteiger partial charge in [0, 0.05) is 22.7 Å². The first-order valence-corrected chi connectivity index (χ1v) is 4.17. The van der Waals surface area contributed by atoms with Gasteiger partial charge in [-0.3, -0.25) is 4.79 Å². The van der Waals surface area contributed by atoms with E-state index in [1.165, 1.54) is 6.92 Å². The minimum atomic E-state index is -1.57. The Bertz CT molecular complexity index is 560. The fourth-order valence-electron chi connectivity index (χ4n) is 1.56.